The summed E-state index contributed by atoms with van der Waals surface area (Å²) in [5.74, 6) is 4.29. The van der Waals surface area contributed by atoms with Crippen LogP contribution in [0.5, 0.6) is 0 Å². The first-order chi connectivity index (χ1) is 5.88. The SMILES string of the molecule is CCCSCCC1S[SH]1CCC. The van der Waals surface area contributed by atoms with Gasteiger partial charge in [0, 0.05) is 4.58 Å². The van der Waals surface area contributed by atoms with E-state index in [9.17, 15) is 0 Å². The lowest BCUT2D eigenvalue weighted by atomic mass is 10.6. The van der Waals surface area contributed by atoms with E-state index in [1.54, 1.807) is 0 Å². The van der Waals surface area contributed by atoms with Crippen molar-refractivity contribution in [1.82, 2.24) is 0 Å². The van der Waals surface area contributed by atoms with Gasteiger partial charge in [0.25, 0.3) is 0 Å². The summed E-state index contributed by atoms with van der Waals surface area (Å²) < 4.78 is 1.10. The van der Waals surface area contributed by atoms with E-state index in [1.165, 1.54) is 36.5 Å². The van der Waals surface area contributed by atoms with Gasteiger partial charge in [-0.1, -0.05) is 13.8 Å². The molecule has 1 heterocycles. The second-order valence-electron chi connectivity index (χ2n) is 3.10. The van der Waals surface area contributed by atoms with E-state index >= 15 is 0 Å². The van der Waals surface area contributed by atoms with Gasteiger partial charge in [-0.05, 0) is 36.5 Å². The lowest BCUT2D eigenvalue weighted by Crippen LogP contribution is -1.88. The van der Waals surface area contributed by atoms with Gasteiger partial charge in [-0.25, -0.2) is 0 Å². The molecule has 1 aliphatic rings. The Morgan fingerprint density at radius 3 is 2.75 bits per heavy atom. The van der Waals surface area contributed by atoms with E-state index in [-0.39, 0.29) is 0 Å². The van der Waals surface area contributed by atoms with Crippen molar-refractivity contribution in [3.8, 4) is 0 Å². The molecule has 0 aliphatic carbocycles. The lowest BCUT2D eigenvalue weighted by molar-refractivity contribution is 1.06. The van der Waals surface area contributed by atoms with Crippen LogP contribution in [0.15, 0.2) is 0 Å². The Kier molecular flexibility index (Phi) is 6.02. The van der Waals surface area contributed by atoms with Crippen LogP contribution in [0.3, 0.4) is 0 Å². The fourth-order valence-electron chi connectivity index (χ4n) is 1.17. The molecule has 0 aromatic carbocycles. The third-order valence-corrected chi connectivity index (χ3v) is 8.47. The van der Waals surface area contributed by atoms with E-state index in [0.717, 1.165) is 4.58 Å². The van der Waals surface area contributed by atoms with E-state index < -0.39 is 0 Å². The second-order valence-corrected chi connectivity index (χ2v) is 9.40. The summed E-state index contributed by atoms with van der Waals surface area (Å²) in [5.41, 5.74) is 0. The zero-order valence-electron chi connectivity index (χ0n) is 8.08. The minimum absolute atomic E-state index is 0.468. The minimum Gasteiger partial charge on any atom is -0.191 e. The predicted molar refractivity (Wildman–Crippen MR) is 67.8 cm³/mol. The van der Waals surface area contributed by atoms with Gasteiger partial charge in [-0.2, -0.15) is 21.7 Å². The topological polar surface area (TPSA) is 0 Å². The first-order valence-electron chi connectivity index (χ1n) is 4.89. The maximum Gasteiger partial charge on any atom is 0.0500 e. The summed E-state index contributed by atoms with van der Waals surface area (Å²) in [6.45, 7) is 4.58. The Labute approximate surface area is 87.4 Å². The Bertz CT molecular complexity index is 116. The van der Waals surface area contributed by atoms with Gasteiger partial charge in [-0.15, -0.1) is 10.8 Å². The molecule has 0 aromatic heterocycles. The number of thiol groups is 1. The Morgan fingerprint density at radius 1 is 1.25 bits per heavy atom. The zero-order valence-corrected chi connectivity index (χ0v) is 10.6. The fourth-order valence-corrected chi connectivity index (χ4v) is 7.31. The van der Waals surface area contributed by atoms with Crippen LogP contribution in [0.4, 0.5) is 0 Å². The monoisotopic (exact) mass is 224 g/mol. The molecule has 1 aliphatic heterocycles. The summed E-state index contributed by atoms with van der Waals surface area (Å²) in [4.78, 5) is 0. The van der Waals surface area contributed by atoms with Gasteiger partial charge in [0.05, 0.1) is 0 Å². The molecule has 0 aromatic rings. The highest BCUT2D eigenvalue weighted by Gasteiger charge is 2.32. The Balaban J connectivity index is 1.83. The van der Waals surface area contributed by atoms with Crippen molar-refractivity contribution in [3.05, 3.63) is 0 Å². The fraction of sp³-hybridized carbons (Fsp3) is 1.00. The largest absolute Gasteiger partial charge is 0.191 e. The number of hydrogen-bond donors (Lipinski definition) is 1. The highest BCUT2D eigenvalue weighted by molar-refractivity contribution is 9.00. The third kappa shape index (κ3) is 4.33. The van der Waals surface area contributed by atoms with E-state index in [0.29, 0.717) is 9.93 Å². The van der Waals surface area contributed by atoms with Crippen molar-refractivity contribution in [2.45, 2.75) is 37.7 Å². The molecule has 0 nitrogen and oxygen atoms in total. The van der Waals surface area contributed by atoms with Crippen molar-refractivity contribution in [2.75, 3.05) is 17.3 Å². The molecule has 0 saturated carbocycles. The van der Waals surface area contributed by atoms with E-state index in [2.05, 4.69) is 36.4 Å². The van der Waals surface area contributed by atoms with Crippen LogP contribution in [0.2, 0.25) is 0 Å². The van der Waals surface area contributed by atoms with Gasteiger partial charge in [0.15, 0.2) is 0 Å². The van der Waals surface area contributed by atoms with Crippen LogP contribution in [-0.4, -0.2) is 21.8 Å². The van der Waals surface area contributed by atoms with Gasteiger partial charge in [0.2, 0.25) is 0 Å². The summed E-state index contributed by atoms with van der Waals surface area (Å²) in [5, 5.41) is 0. The van der Waals surface area contributed by atoms with Gasteiger partial charge in [-0.3, -0.25) is 0 Å². The number of thioether (sulfide) groups is 1. The average Bonchev–Trinajstić information content (AvgIpc) is 2.79. The molecule has 0 N–H and O–H groups in total. The minimum atomic E-state index is 0.468. The van der Waals surface area contributed by atoms with Crippen molar-refractivity contribution < 1.29 is 0 Å². The smallest absolute Gasteiger partial charge is 0.0500 e. The average molecular weight is 224 g/mol. The summed E-state index contributed by atoms with van der Waals surface area (Å²) in [7, 11) is 2.74. The van der Waals surface area contributed by atoms with Crippen LogP contribution in [0, 0.1) is 0 Å². The van der Waals surface area contributed by atoms with Crippen LogP contribution >= 0.6 is 32.5 Å². The Morgan fingerprint density at radius 2 is 2.08 bits per heavy atom. The van der Waals surface area contributed by atoms with Gasteiger partial charge >= 0.3 is 0 Å². The van der Waals surface area contributed by atoms with Gasteiger partial charge in [0.1, 0.15) is 0 Å². The quantitative estimate of drug-likeness (QED) is 0.301. The first kappa shape index (κ1) is 11.1. The summed E-state index contributed by atoms with van der Waals surface area (Å²) >= 11 is 2.14. The number of rotatable bonds is 7. The number of hydrogen-bond acceptors (Lipinski definition) is 2. The molecule has 1 fully saturated rings. The van der Waals surface area contributed by atoms with Crippen molar-refractivity contribution in [2.24, 2.45) is 0 Å². The molecule has 0 bridgehead atoms. The third-order valence-electron chi connectivity index (χ3n) is 1.83. The molecule has 12 heavy (non-hydrogen) atoms. The maximum atomic E-state index is 2.31. The van der Waals surface area contributed by atoms with Crippen molar-refractivity contribution >= 4 is 32.5 Å². The molecule has 0 radical (unpaired) electrons. The molecule has 1 rings (SSSR count). The first-order valence-corrected chi connectivity index (χ1v) is 9.13. The zero-order chi connectivity index (χ0) is 8.81. The maximum absolute atomic E-state index is 2.31. The molecule has 74 valence electrons. The highest BCUT2D eigenvalue weighted by Crippen LogP contribution is 2.70. The summed E-state index contributed by atoms with van der Waals surface area (Å²) in [6, 6.07) is 0. The molecule has 2 unspecified atom stereocenters. The molecule has 0 amide bonds. The lowest BCUT2D eigenvalue weighted by Gasteiger charge is -1.98. The molecular formula is C9H20S3. The Hall–Kier alpha value is 1.05. The molecular weight excluding hydrogens is 204 g/mol. The summed E-state index contributed by atoms with van der Waals surface area (Å²) in [6.07, 6.45) is 4.23. The van der Waals surface area contributed by atoms with Crippen molar-refractivity contribution in [1.29, 1.82) is 0 Å². The van der Waals surface area contributed by atoms with E-state index in [1.807, 2.05) is 0 Å². The van der Waals surface area contributed by atoms with Crippen LogP contribution in [0.25, 0.3) is 0 Å². The molecule has 3 heteroatoms. The molecule has 1 saturated heterocycles. The standard InChI is InChI=1S/C9H20S3/c1-3-6-10-7-5-9-11-12(9)8-4-2/h9,12H,3-8H2,1-2H3. The van der Waals surface area contributed by atoms with Crippen molar-refractivity contribution in [3.63, 3.8) is 0 Å². The molecule has 2 atom stereocenters. The second kappa shape index (κ2) is 6.50. The normalized spacial score (nSPS) is 30.5. The predicted octanol–water partition coefficient (Wildman–Crippen LogP) is 3.92. The van der Waals surface area contributed by atoms with Crippen LogP contribution < -0.4 is 0 Å². The highest BCUT2D eigenvalue weighted by atomic mass is 33.2. The van der Waals surface area contributed by atoms with Crippen LogP contribution in [-0.2, 0) is 0 Å². The van der Waals surface area contributed by atoms with E-state index in [4.69, 9.17) is 0 Å². The van der Waals surface area contributed by atoms with Gasteiger partial charge < -0.3 is 0 Å². The molecule has 0 spiro atoms. The van der Waals surface area contributed by atoms with Crippen LogP contribution in [0.1, 0.15) is 33.1 Å².